The topological polar surface area (TPSA) is 41.6 Å². The highest BCUT2D eigenvalue weighted by Gasteiger charge is 2.37. The highest BCUT2D eigenvalue weighted by Crippen LogP contribution is 2.59. The Morgan fingerprint density at radius 2 is 1.60 bits per heavy atom. The fourth-order valence-corrected chi connectivity index (χ4v) is 5.81. The molecule has 3 rings (SSSR count). The van der Waals surface area contributed by atoms with Gasteiger partial charge >= 0.3 is 0 Å². The van der Waals surface area contributed by atoms with Crippen LogP contribution in [-0.2, 0) is 9.09 Å². The number of hydrogen-bond donors (Lipinski definition) is 1. The van der Waals surface area contributed by atoms with E-state index in [4.69, 9.17) is 16.1 Å². The quantitative estimate of drug-likeness (QED) is 0.382. The Bertz CT molecular complexity index is 976. The zero-order chi connectivity index (χ0) is 21.6. The second-order valence-corrected chi connectivity index (χ2v) is 10.2. The summed E-state index contributed by atoms with van der Waals surface area (Å²) in [5.74, 6) is -0.547. The normalized spacial score (nSPS) is 14.0. The van der Waals surface area contributed by atoms with E-state index in [-0.39, 0.29) is 0 Å². The smallest absolute Gasteiger partial charge is 0.258 e. The van der Waals surface area contributed by atoms with E-state index in [9.17, 15) is 4.57 Å². The minimum Gasteiger partial charge on any atom is -0.378 e. The van der Waals surface area contributed by atoms with Crippen LogP contribution in [0, 0.1) is 0 Å². The molecule has 0 aliphatic rings. The van der Waals surface area contributed by atoms with E-state index in [1.165, 1.54) is 0 Å². The Kier molecular flexibility index (Phi) is 7.60. The fourth-order valence-electron chi connectivity index (χ4n) is 3.19. The predicted molar refractivity (Wildman–Crippen MR) is 129 cm³/mol. The highest BCUT2D eigenvalue weighted by atomic mass is 35.5. The van der Waals surface area contributed by atoms with Gasteiger partial charge in [0.1, 0.15) is 5.78 Å². The van der Waals surface area contributed by atoms with Crippen LogP contribution in [0.5, 0.6) is 0 Å². The summed E-state index contributed by atoms with van der Waals surface area (Å²) >= 11 is 6.11. The Balaban J connectivity index is 2.10. The minimum atomic E-state index is -3.32. The summed E-state index contributed by atoms with van der Waals surface area (Å²) < 4.78 is 20.6. The first-order chi connectivity index (χ1) is 14.4. The molecule has 0 aromatic heterocycles. The number of benzene rings is 3. The monoisotopic (exact) mass is 442 g/mol. The van der Waals surface area contributed by atoms with Crippen molar-refractivity contribution in [2.45, 2.75) is 19.1 Å². The largest absolute Gasteiger partial charge is 0.378 e. The molecule has 0 spiro atoms. The van der Waals surface area contributed by atoms with Crippen molar-refractivity contribution in [3.05, 3.63) is 89.4 Å². The Hall–Kier alpha value is -2.26. The molecule has 4 nitrogen and oxygen atoms in total. The Labute approximate surface area is 184 Å². The lowest BCUT2D eigenvalue weighted by Gasteiger charge is -2.30. The maximum absolute atomic E-state index is 14.5. The lowest BCUT2D eigenvalue weighted by Crippen LogP contribution is -2.21. The summed E-state index contributed by atoms with van der Waals surface area (Å²) in [5.41, 5.74) is 2.78. The number of halogens is 1. The van der Waals surface area contributed by atoms with Crippen LogP contribution >= 0.6 is 19.0 Å². The summed E-state index contributed by atoms with van der Waals surface area (Å²) in [6, 6.07) is 25.0. The lowest BCUT2D eigenvalue weighted by molar-refractivity contribution is 0.315. The first-order valence-electron chi connectivity index (χ1n) is 10.0. The van der Waals surface area contributed by atoms with E-state index in [0.29, 0.717) is 16.9 Å². The third kappa shape index (κ3) is 5.26. The Morgan fingerprint density at radius 3 is 2.17 bits per heavy atom. The molecule has 0 heterocycles. The van der Waals surface area contributed by atoms with Gasteiger partial charge in [0, 0.05) is 35.8 Å². The van der Waals surface area contributed by atoms with E-state index >= 15 is 0 Å². The molecule has 30 heavy (non-hydrogen) atoms. The molecule has 6 heteroatoms. The minimum absolute atomic E-state index is 0.410. The molecule has 0 aliphatic heterocycles. The molecule has 0 bridgehead atoms. The van der Waals surface area contributed by atoms with Gasteiger partial charge in [0.05, 0.1) is 6.61 Å². The van der Waals surface area contributed by atoms with Crippen LogP contribution in [0.4, 0.5) is 11.4 Å². The van der Waals surface area contributed by atoms with E-state index in [2.05, 4.69) is 5.32 Å². The zero-order valence-corrected chi connectivity index (χ0v) is 19.2. The number of nitrogens with zero attached hydrogens (tertiary/aromatic N) is 1. The average molecular weight is 443 g/mol. The van der Waals surface area contributed by atoms with Gasteiger partial charge in [-0.2, -0.15) is 0 Å². The van der Waals surface area contributed by atoms with Crippen molar-refractivity contribution < 1.29 is 9.09 Å². The van der Waals surface area contributed by atoms with E-state index in [1.807, 2.05) is 105 Å². The van der Waals surface area contributed by atoms with Crippen LogP contribution in [0.2, 0.25) is 5.02 Å². The van der Waals surface area contributed by atoms with Crippen LogP contribution in [0.1, 0.15) is 24.7 Å². The second kappa shape index (κ2) is 10.2. The van der Waals surface area contributed by atoms with Crippen LogP contribution < -0.4 is 15.5 Å². The molecule has 2 atom stereocenters. The summed E-state index contributed by atoms with van der Waals surface area (Å²) in [6.07, 6.45) is 0.776. The average Bonchev–Trinajstić information content (AvgIpc) is 2.77. The van der Waals surface area contributed by atoms with Crippen molar-refractivity contribution in [3.8, 4) is 0 Å². The van der Waals surface area contributed by atoms with Gasteiger partial charge in [-0.3, -0.25) is 4.57 Å². The van der Waals surface area contributed by atoms with E-state index in [1.54, 1.807) is 0 Å². The van der Waals surface area contributed by atoms with Crippen LogP contribution in [0.25, 0.3) is 0 Å². The van der Waals surface area contributed by atoms with Crippen LogP contribution in [-0.4, -0.2) is 20.7 Å². The predicted octanol–water partition coefficient (Wildman–Crippen LogP) is 6.55. The third-order valence-electron chi connectivity index (χ3n) is 4.82. The van der Waals surface area contributed by atoms with Crippen molar-refractivity contribution in [3.63, 3.8) is 0 Å². The van der Waals surface area contributed by atoms with Crippen molar-refractivity contribution in [2.75, 3.05) is 30.9 Å². The Morgan fingerprint density at radius 1 is 0.967 bits per heavy atom. The summed E-state index contributed by atoms with van der Waals surface area (Å²) in [7, 11) is 0.640. The standard InChI is InChI=1S/C24H28ClN2O2P/c1-4-18-29-30(28,23-16-14-22(15-17-23)27(2)3)24(19-10-12-20(25)13-11-19)26-21-8-6-5-7-9-21/h5-17,24,26H,4,18H2,1-3H3/t24-,30-/m1/s1. The van der Waals surface area contributed by atoms with Gasteiger partial charge in [-0.1, -0.05) is 48.9 Å². The molecule has 0 unspecified atom stereocenters. The molecule has 3 aromatic carbocycles. The molecule has 1 N–H and O–H groups in total. The molecular formula is C24H28ClN2O2P. The first-order valence-corrected chi connectivity index (χ1v) is 12.1. The van der Waals surface area contributed by atoms with Gasteiger partial charge in [-0.25, -0.2) is 0 Å². The fraction of sp³-hybridized carbons (Fsp3) is 0.250. The number of para-hydroxylation sites is 1. The zero-order valence-electron chi connectivity index (χ0n) is 17.6. The van der Waals surface area contributed by atoms with Gasteiger partial charge < -0.3 is 14.7 Å². The lowest BCUT2D eigenvalue weighted by atomic mass is 10.2. The first kappa shape index (κ1) is 22.4. The maximum Gasteiger partial charge on any atom is 0.258 e. The molecule has 0 saturated heterocycles. The van der Waals surface area contributed by atoms with E-state index in [0.717, 1.165) is 23.4 Å². The van der Waals surface area contributed by atoms with Crippen LogP contribution in [0.3, 0.4) is 0 Å². The number of hydrogen-bond acceptors (Lipinski definition) is 4. The SMILES string of the molecule is CCCO[P@](=O)(c1ccc(N(C)C)cc1)[C@@H](Nc1ccccc1)c1ccc(Cl)cc1. The molecule has 0 aliphatic carbocycles. The molecular weight excluding hydrogens is 415 g/mol. The van der Waals surface area contributed by atoms with Crippen molar-refractivity contribution in [1.29, 1.82) is 0 Å². The molecule has 3 aromatic rings. The van der Waals surface area contributed by atoms with Gasteiger partial charge in [-0.05, 0) is 60.5 Å². The van der Waals surface area contributed by atoms with Crippen molar-refractivity contribution >= 4 is 35.6 Å². The summed E-state index contributed by atoms with van der Waals surface area (Å²) in [5, 5.41) is 4.78. The van der Waals surface area contributed by atoms with Crippen molar-refractivity contribution in [1.82, 2.24) is 0 Å². The van der Waals surface area contributed by atoms with E-state index < -0.39 is 13.2 Å². The van der Waals surface area contributed by atoms with Gasteiger partial charge in [0.15, 0.2) is 0 Å². The molecule has 0 radical (unpaired) electrons. The van der Waals surface area contributed by atoms with Gasteiger partial charge in [0.25, 0.3) is 7.37 Å². The summed E-state index contributed by atoms with van der Waals surface area (Å²) in [6.45, 7) is 2.43. The maximum atomic E-state index is 14.5. The van der Waals surface area contributed by atoms with Gasteiger partial charge in [-0.15, -0.1) is 0 Å². The number of nitrogens with one attached hydrogen (secondary N) is 1. The molecule has 0 saturated carbocycles. The van der Waals surface area contributed by atoms with Crippen LogP contribution in [0.15, 0.2) is 78.9 Å². The van der Waals surface area contributed by atoms with Crippen molar-refractivity contribution in [2.24, 2.45) is 0 Å². The molecule has 158 valence electrons. The molecule has 0 amide bonds. The highest BCUT2D eigenvalue weighted by molar-refractivity contribution is 7.67. The van der Waals surface area contributed by atoms with Gasteiger partial charge in [0.2, 0.25) is 0 Å². The number of anilines is 2. The molecule has 0 fully saturated rings. The number of rotatable bonds is 9. The third-order valence-corrected chi connectivity index (χ3v) is 7.76. The summed E-state index contributed by atoms with van der Waals surface area (Å²) in [4.78, 5) is 2.01. The second-order valence-electron chi connectivity index (χ2n) is 7.31.